The van der Waals surface area contributed by atoms with Crippen LogP contribution in [0.4, 0.5) is 5.69 Å². The SMILES string of the molecule is COc1cc(CN)c([N+](=O)[O-])cc1OCCOCC(C)C. The van der Waals surface area contributed by atoms with Crippen molar-refractivity contribution in [3.05, 3.63) is 27.8 Å². The molecule has 0 aliphatic heterocycles. The van der Waals surface area contributed by atoms with Gasteiger partial charge in [-0.05, 0) is 12.0 Å². The lowest BCUT2D eigenvalue weighted by Gasteiger charge is -2.13. The quantitative estimate of drug-likeness (QED) is 0.426. The summed E-state index contributed by atoms with van der Waals surface area (Å²) in [4.78, 5) is 10.5. The molecule has 0 atom stereocenters. The summed E-state index contributed by atoms with van der Waals surface area (Å²) in [7, 11) is 1.48. The van der Waals surface area contributed by atoms with Gasteiger partial charge < -0.3 is 19.9 Å². The molecule has 0 amide bonds. The summed E-state index contributed by atoms with van der Waals surface area (Å²) in [6.45, 7) is 5.52. The molecule has 7 heteroatoms. The molecule has 0 aromatic heterocycles. The Morgan fingerprint density at radius 3 is 2.52 bits per heavy atom. The van der Waals surface area contributed by atoms with Crippen molar-refractivity contribution < 1.29 is 19.1 Å². The highest BCUT2D eigenvalue weighted by Gasteiger charge is 2.18. The van der Waals surface area contributed by atoms with Gasteiger partial charge in [-0.3, -0.25) is 10.1 Å². The van der Waals surface area contributed by atoms with Crippen molar-refractivity contribution in [3.8, 4) is 11.5 Å². The molecule has 0 fully saturated rings. The van der Waals surface area contributed by atoms with Crippen LogP contribution in [-0.2, 0) is 11.3 Å². The Labute approximate surface area is 124 Å². The van der Waals surface area contributed by atoms with E-state index < -0.39 is 4.92 Å². The molecule has 0 heterocycles. The van der Waals surface area contributed by atoms with Crippen LogP contribution in [0.2, 0.25) is 0 Å². The molecule has 0 saturated heterocycles. The molecule has 0 aliphatic carbocycles. The van der Waals surface area contributed by atoms with Crippen LogP contribution in [0.3, 0.4) is 0 Å². The van der Waals surface area contributed by atoms with Crippen molar-refractivity contribution in [1.82, 2.24) is 0 Å². The molecule has 1 rings (SSSR count). The number of ether oxygens (including phenoxy) is 3. The number of nitro benzene ring substituents is 1. The average molecular weight is 298 g/mol. The van der Waals surface area contributed by atoms with Gasteiger partial charge in [-0.2, -0.15) is 0 Å². The summed E-state index contributed by atoms with van der Waals surface area (Å²) in [6.07, 6.45) is 0. The highest BCUT2D eigenvalue weighted by molar-refractivity contribution is 5.54. The third-order valence-electron chi connectivity index (χ3n) is 2.72. The van der Waals surface area contributed by atoms with E-state index in [-0.39, 0.29) is 12.2 Å². The summed E-state index contributed by atoms with van der Waals surface area (Å²) < 4.78 is 16.1. The third-order valence-corrected chi connectivity index (χ3v) is 2.72. The van der Waals surface area contributed by atoms with Crippen LogP contribution < -0.4 is 15.2 Å². The lowest BCUT2D eigenvalue weighted by molar-refractivity contribution is -0.385. The number of hydrogen-bond donors (Lipinski definition) is 1. The molecule has 21 heavy (non-hydrogen) atoms. The fourth-order valence-electron chi connectivity index (χ4n) is 1.73. The zero-order valence-electron chi connectivity index (χ0n) is 12.6. The standard InChI is InChI=1S/C14H22N2O5/c1-10(2)9-20-4-5-21-14-7-12(16(17)18)11(8-15)6-13(14)19-3/h6-7,10H,4-5,8-9,15H2,1-3H3. The zero-order valence-corrected chi connectivity index (χ0v) is 12.6. The van der Waals surface area contributed by atoms with Gasteiger partial charge in [0.25, 0.3) is 5.69 Å². The summed E-state index contributed by atoms with van der Waals surface area (Å²) in [5.74, 6) is 1.18. The predicted octanol–water partition coefficient (Wildman–Crippen LogP) is 2.11. The molecule has 0 spiro atoms. The van der Waals surface area contributed by atoms with Crippen LogP contribution in [0.1, 0.15) is 19.4 Å². The van der Waals surface area contributed by atoms with E-state index in [1.165, 1.54) is 19.2 Å². The largest absolute Gasteiger partial charge is 0.493 e. The molecule has 0 bridgehead atoms. The highest BCUT2D eigenvalue weighted by Crippen LogP contribution is 2.34. The van der Waals surface area contributed by atoms with E-state index in [0.717, 1.165) is 0 Å². The van der Waals surface area contributed by atoms with E-state index in [0.29, 0.717) is 42.8 Å². The van der Waals surface area contributed by atoms with Crippen LogP contribution in [0.5, 0.6) is 11.5 Å². The highest BCUT2D eigenvalue weighted by atomic mass is 16.6. The van der Waals surface area contributed by atoms with Crippen molar-refractivity contribution in [3.63, 3.8) is 0 Å². The van der Waals surface area contributed by atoms with Crippen LogP contribution in [0.25, 0.3) is 0 Å². The summed E-state index contributed by atoms with van der Waals surface area (Å²) >= 11 is 0. The normalized spacial score (nSPS) is 10.7. The Bertz CT molecular complexity index is 477. The minimum atomic E-state index is -0.482. The topological polar surface area (TPSA) is 96.9 Å². The molecule has 7 nitrogen and oxygen atoms in total. The Morgan fingerprint density at radius 2 is 2.00 bits per heavy atom. The summed E-state index contributed by atoms with van der Waals surface area (Å²) in [5, 5.41) is 11.0. The van der Waals surface area contributed by atoms with E-state index in [4.69, 9.17) is 19.9 Å². The minimum Gasteiger partial charge on any atom is -0.493 e. The predicted molar refractivity (Wildman–Crippen MR) is 78.7 cm³/mol. The molecule has 2 N–H and O–H groups in total. The van der Waals surface area contributed by atoms with Crippen molar-refractivity contribution in [2.45, 2.75) is 20.4 Å². The first-order valence-electron chi connectivity index (χ1n) is 6.75. The fraction of sp³-hybridized carbons (Fsp3) is 0.571. The average Bonchev–Trinajstić information content (AvgIpc) is 2.45. The van der Waals surface area contributed by atoms with Crippen LogP contribution >= 0.6 is 0 Å². The molecule has 1 aromatic rings. The van der Waals surface area contributed by atoms with E-state index in [1.807, 2.05) is 0 Å². The second-order valence-corrected chi connectivity index (χ2v) is 4.91. The monoisotopic (exact) mass is 298 g/mol. The van der Waals surface area contributed by atoms with Gasteiger partial charge >= 0.3 is 0 Å². The van der Waals surface area contributed by atoms with Gasteiger partial charge in [0.2, 0.25) is 0 Å². The molecule has 118 valence electrons. The Hall–Kier alpha value is -1.86. The van der Waals surface area contributed by atoms with Gasteiger partial charge in [0, 0.05) is 18.7 Å². The zero-order chi connectivity index (χ0) is 15.8. The first-order valence-corrected chi connectivity index (χ1v) is 6.75. The number of rotatable bonds is 9. The maximum Gasteiger partial charge on any atom is 0.277 e. The maximum atomic E-state index is 11.0. The second kappa shape index (κ2) is 8.43. The van der Waals surface area contributed by atoms with Crippen molar-refractivity contribution in [1.29, 1.82) is 0 Å². The van der Waals surface area contributed by atoms with Gasteiger partial charge in [-0.25, -0.2) is 0 Å². The van der Waals surface area contributed by atoms with E-state index >= 15 is 0 Å². The third kappa shape index (κ3) is 5.20. The number of hydrogen-bond acceptors (Lipinski definition) is 6. The lowest BCUT2D eigenvalue weighted by Crippen LogP contribution is -2.11. The van der Waals surface area contributed by atoms with Gasteiger partial charge in [-0.15, -0.1) is 0 Å². The van der Waals surface area contributed by atoms with E-state index in [9.17, 15) is 10.1 Å². The van der Waals surface area contributed by atoms with Gasteiger partial charge in [0.1, 0.15) is 6.61 Å². The number of methoxy groups -OCH3 is 1. The molecule has 1 aromatic carbocycles. The molecule has 0 aliphatic rings. The van der Waals surface area contributed by atoms with Gasteiger partial charge in [-0.1, -0.05) is 13.8 Å². The first kappa shape index (κ1) is 17.2. The smallest absolute Gasteiger partial charge is 0.277 e. The Kier molecular flexibility index (Phi) is 6.90. The fourth-order valence-corrected chi connectivity index (χ4v) is 1.73. The first-order chi connectivity index (χ1) is 9.99. The summed E-state index contributed by atoms with van der Waals surface area (Å²) in [6, 6.07) is 2.87. The lowest BCUT2D eigenvalue weighted by atomic mass is 10.1. The van der Waals surface area contributed by atoms with Crippen molar-refractivity contribution >= 4 is 5.69 Å². The van der Waals surface area contributed by atoms with Crippen LogP contribution in [0.15, 0.2) is 12.1 Å². The summed E-state index contributed by atoms with van der Waals surface area (Å²) in [5.41, 5.74) is 5.84. The number of nitro groups is 1. The Balaban J connectivity index is 2.76. The van der Waals surface area contributed by atoms with Crippen LogP contribution in [-0.4, -0.2) is 31.9 Å². The second-order valence-electron chi connectivity index (χ2n) is 4.91. The molecule has 0 unspecified atom stereocenters. The molecule has 0 radical (unpaired) electrons. The van der Waals surface area contributed by atoms with Gasteiger partial charge in [0.05, 0.1) is 24.7 Å². The van der Waals surface area contributed by atoms with E-state index in [2.05, 4.69) is 13.8 Å². The molecule has 0 saturated carbocycles. The van der Waals surface area contributed by atoms with E-state index in [1.54, 1.807) is 0 Å². The molecular weight excluding hydrogens is 276 g/mol. The minimum absolute atomic E-state index is 0.0600. The number of nitrogens with two attached hydrogens (primary N) is 1. The number of nitrogens with zero attached hydrogens (tertiary/aromatic N) is 1. The van der Waals surface area contributed by atoms with Gasteiger partial charge in [0.15, 0.2) is 11.5 Å². The maximum absolute atomic E-state index is 11.0. The van der Waals surface area contributed by atoms with Crippen molar-refractivity contribution in [2.75, 3.05) is 26.9 Å². The van der Waals surface area contributed by atoms with Crippen LogP contribution in [0, 0.1) is 16.0 Å². The number of benzene rings is 1. The molecular formula is C14H22N2O5. The Morgan fingerprint density at radius 1 is 1.29 bits per heavy atom. The van der Waals surface area contributed by atoms with Crippen molar-refractivity contribution in [2.24, 2.45) is 11.7 Å².